The zero-order chi connectivity index (χ0) is 31.7. The molecular weight excluding hydrogens is 778 g/mol. The van der Waals surface area contributed by atoms with E-state index in [9.17, 15) is 0 Å². The van der Waals surface area contributed by atoms with Crippen LogP contribution in [0.5, 0.6) is 0 Å². The monoisotopic (exact) mass is 828 g/mol. The van der Waals surface area contributed by atoms with Crippen LogP contribution in [-0.2, 0) is 30.8 Å². The van der Waals surface area contributed by atoms with Crippen molar-refractivity contribution in [2.24, 2.45) is 0 Å². The van der Waals surface area contributed by atoms with Gasteiger partial charge in [0, 0.05) is 0 Å². The van der Waals surface area contributed by atoms with E-state index in [1.54, 1.807) is 22.3 Å². The average molecular weight is 828 g/mol. The normalized spacial score (nSPS) is 18.5. The minimum Gasteiger partial charge on any atom is -1.00 e. The van der Waals surface area contributed by atoms with E-state index >= 15 is 0 Å². The van der Waals surface area contributed by atoms with Gasteiger partial charge < -0.3 is 24.8 Å². The van der Waals surface area contributed by atoms with E-state index in [-0.39, 0.29) is 35.6 Å². The fraction of sp³-hybridized carbons (Fsp3) is 0.364. The molecule has 244 valence electrons. The Bertz CT molecular complexity index is 1690. The molecule has 0 N–H and O–H groups in total. The van der Waals surface area contributed by atoms with Crippen molar-refractivity contribution in [1.29, 1.82) is 0 Å². The number of hydrogen-bond donors (Lipinski definition) is 0. The van der Waals surface area contributed by atoms with Crippen molar-refractivity contribution in [3.63, 3.8) is 0 Å². The third-order valence-corrected chi connectivity index (χ3v) is 30.3. The molecule has 4 aromatic carbocycles. The van der Waals surface area contributed by atoms with Crippen LogP contribution in [0.2, 0.25) is 8.35 Å². The van der Waals surface area contributed by atoms with Crippen molar-refractivity contribution >= 4 is 12.2 Å². The summed E-state index contributed by atoms with van der Waals surface area (Å²) in [5.41, 5.74) is 18.5. The van der Waals surface area contributed by atoms with Crippen molar-refractivity contribution in [3.05, 3.63) is 129 Å². The van der Waals surface area contributed by atoms with E-state index in [1.165, 1.54) is 52.9 Å². The standard InChI is InChI=1S/2C21H23.C2H4.2ClH.Hf/c2*1-5-15-13-17-7-6-8-19(20(17)14-15)16-9-11-18(12-10-16)21(2,3)4;1-2;;;/h2*6-14H,5H2,1-4H3;1-2H2;2*1H;/q;;;;;+2/p-2. The van der Waals surface area contributed by atoms with Crippen molar-refractivity contribution in [1.82, 2.24) is 0 Å². The summed E-state index contributed by atoms with van der Waals surface area (Å²) in [7, 11) is 0. The van der Waals surface area contributed by atoms with Gasteiger partial charge in [-0.1, -0.05) is 0 Å². The van der Waals surface area contributed by atoms with Crippen LogP contribution in [-0.4, -0.2) is 0 Å². The third-order valence-electron chi connectivity index (χ3n) is 11.2. The van der Waals surface area contributed by atoms with Gasteiger partial charge in [0.15, 0.2) is 0 Å². The van der Waals surface area contributed by atoms with Gasteiger partial charge in [0.1, 0.15) is 0 Å². The number of fused-ring (bicyclic) bond motifs is 2. The molecule has 3 heteroatoms. The Hall–Kier alpha value is -2.19. The Morgan fingerprint density at radius 3 is 1.19 bits per heavy atom. The van der Waals surface area contributed by atoms with Crippen LogP contribution in [0.15, 0.2) is 96.1 Å². The molecule has 7 rings (SSSR count). The molecule has 4 aromatic rings. The van der Waals surface area contributed by atoms with E-state index in [2.05, 4.69) is 152 Å². The molecule has 0 amide bonds. The van der Waals surface area contributed by atoms with Gasteiger partial charge in [-0.3, -0.25) is 0 Å². The van der Waals surface area contributed by atoms with E-state index in [1.807, 2.05) is 0 Å². The van der Waals surface area contributed by atoms with Crippen molar-refractivity contribution in [2.75, 3.05) is 0 Å². The molecule has 0 spiro atoms. The van der Waals surface area contributed by atoms with E-state index in [0.29, 0.717) is 7.35 Å². The van der Waals surface area contributed by atoms with Crippen LogP contribution < -0.4 is 24.8 Å². The van der Waals surface area contributed by atoms with E-state index in [4.69, 9.17) is 0 Å². The summed E-state index contributed by atoms with van der Waals surface area (Å²) in [6.07, 6.45) is 7.58. The maximum atomic E-state index is 2.63. The number of hydrogen-bond acceptors (Lipinski definition) is 0. The topological polar surface area (TPSA) is 0 Å². The Labute approximate surface area is 301 Å². The molecule has 47 heavy (non-hydrogen) atoms. The summed E-state index contributed by atoms with van der Waals surface area (Å²) in [4.78, 5) is 0. The molecule has 0 saturated carbocycles. The Morgan fingerprint density at radius 1 is 0.532 bits per heavy atom. The molecule has 0 nitrogen and oxygen atoms in total. The number of allylic oxidation sites excluding steroid dienone is 2. The SMILES string of the molecule is CCC1=Cc2c(-c3ccc(C(C)(C)C)cc3)cccc2[CH]1[Hf+2]1([CH]2C(CC)=Cc3c(-c4ccc(C(C)(C)C)cc4)cccc32)[CH2][CH2]1.[Cl-].[Cl-]. The largest absolute Gasteiger partial charge is 1.00 e. The molecule has 1 heterocycles. The first-order valence-electron chi connectivity index (χ1n) is 17.3. The van der Waals surface area contributed by atoms with Gasteiger partial charge in [-0.25, -0.2) is 0 Å². The van der Waals surface area contributed by atoms with Crippen LogP contribution in [0.4, 0.5) is 0 Å². The van der Waals surface area contributed by atoms with Crippen molar-refractivity contribution < 1.29 is 44.8 Å². The van der Waals surface area contributed by atoms with Gasteiger partial charge in [-0.2, -0.15) is 0 Å². The zero-order valence-corrected chi connectivity index (χ0v) is 34.6. The molecule has 2 unspecified atom stereocenters. The number of benzene rings is 4. The Balaban J connectivity index is 0.00000217. The molecule has 0 bridgehead atoms. The second-order valence-electron chi connectivity index (χ2n) is 16.0. The van der Waals surface area contributed by atoms with Crippen molar-refractivity contribution in [2.45, 2.75) is 94.8 Å². The minimum absolute atomic E-state index is 0. The fourth-order valence-electron chi connectivity index (χ4n) is 8.59. The summed E-state index contributed by atoms with van der Waals surface area (Å²) >= 11 is -2.89. The van der Waals surface area contributed by atoms with Gasteiger partial charge in [-0.05, 0) is 0 Å². The van der Waals surface area contributed by atoms with Crippen molar-refractivity contribution in [3.8, 4) is 22.3 Å². The van der Waals surface area contributed by atoms with E-state index < -0.39 is 20.0 Å². The Morgan fingerprint density at radius 2 is 0.894 bits per heavy atom. The van der Waals surface area contributed by atoms with Gasteiger partial charge >= 0.3 is 279 Å². The Kier molecular flexibility index (Phi) is 10.2. The molecular formula is C44H50Cl2Hf. The first-order valence-corrected chi connectivity index (χ1v) is 26.6. The quantitative estimate of drug-likeness (QED) is 0.184. The maximum absolute atomic E-state index is 2.89. The van der Waals surface area contributed by atoms with Gasteiger partial charge in [0.05, 0.1) is 0 Å². The summed E-state index contributed by atoms with van der Waals surface area (Å²) < 4.78 is 4.44. The predicted octanol–water partition coefficient (Wildman–Crippen LogP) is 7.02. The predicted molar refractivity (Wildman–Crippen MR) is 193 cm³/mol. The molecule has 2 atom stereocenters. The number of rotatable bonds is 6. The average Bonchev–Trinajstić information content (AvgIpc) is 3.55. The number of halogens is 2. The van der Waals surface area contributed by atoms with Gasteiger partial charge in [0.25, 0.3) is 0 Å². The molecule has 0 aromatic heterocycles. The molecule has 0 radical (unpaired) electrons. The molecule has 1 aliphatic heterocycles. The summed E-state index contributed by atoms with van der Waals surface area (Å²) in [5, 5.41) is 0. The van der Waals surface area contributed by atoms with Crippen LogP contribution in [0.1, 0.15) is 109 Å². The first kappa shape index (κ1) is 36.1. The molecule has 1 saturated heterocycles. The first-order chi connectivity index (χ1) is 21.5. The summed E-state index contributed by atoms with van der Waals surface area (Å²) in [6.45, 7) is 18.6. The second-order valence-corrected chi connectivity index (χ2v) is 32.6. The zero-order valence-electron chi connectivity index (χ0n) is 29.5. The summed E-state index contributed by atoms with van der Waals surface area (Å²) in [6, 6.07) is 33.3. The van der Waals surface area contributed by atoms with E-state index in [0.717, 1.165) is 12.8 Å². The smallest absolute Gasteiger partial charge is 1.00 e. The van der Waals surface area contributed by atoms with Gasteiger partial charge in [-0.15, -0.1) is 0 Å². The van der Waals surface area contributed by atoms with Crippen LogP contribution in [0.3, 0.4) is 0 Å². The molecule has 2 aliphatic carbocycles. The molecule has 3 aliphatic rings. The maximum Gasteiger partial charge on any atom is -1.00 e. The minimum atomic E-state index is -2.89. The molecule has 1 fully saturated rings. The second kappa shape index (κ2) is 13.3. The van der Waals surface area contributed by atoms with Crippen LogP contribution in [0, 0.1) is 0 Å². The van der Waals surface area contributed by atoms with Gasteiger partial charge in [0.2, 0.25) is 0 Å². The fourth-order valence-corrected chi connectivity index (χ4v) is 37.1. The van der Waals surface area contributed by atoms with Crippen LogP contribution in [0.25, 0.3) is 34.4 Å². The third kappa shape index (κ3) is 6.24. The summed E-state index contributed by atoms with van der Waals surface area (Å²) in [5.74, 6) is 0. The van der Waals surface area contributed by atoms with Crippen LogP contribution >= 0.6 is 0 Å².